The zero-order chi connectivity index (χ0) is 17.1. The van der Waals surface area contributed by atoms with Gasteiger partial charge in [0.15, 0.2) is 5.69 Å². The molecule has 1 unspecified atom stereocenters. The molecule has 1 aliphatic rings. The predicted molar refractivity (Wildman–Crippen MR) is 88.8 cm³/mol. The van der Waals surface area contributed by atoms with Crippen LogP contribution in [-0.4, -0.2) is 54.3 Å². The maximum Gasteiger partial charge on any atom is 0.275 e. The van der Waals surface area contributed by atoms with Gasteiger partial charge >= 0.3 is 0 Å². The van der Waals surface area contributed by atoms with E-state index in [-0.39, 0.29) is 25.0 Å². The van der Waals surface area contributed by atoms with Crippen molar-refractivity contribution in [3.05, 3.63) is 41.8 Å². The van der Waals surface area contributed by atoms with Crippen molar-refractivity contribution in [2.45, 2.75) is 24.9 Å². The second kappa shape index (κ2) is 7.15. The van der Waals surface area contributed by atoms with Crippen LogP contribution in [0.15, 0.2) is 34.7 Å². The highest BCUT2D eigenvalue weighted by Gasteiger charge is 2.35. The molecule has 24 heavy (non-hydrogen) atoms. The number of hydrogen-bond acceptors (Lipinski definition) is 5. The van der Waals surface area contributed by atoms with Gasteiger partial charge < -0.3 is 19.2 Å². The summed E-state index contributed by atoms with van der Waals surface area (Å²) < 4.78 is 10.8. The van der Waals surface area contributed by atoms with Crippen LogP contribution < -0.4 is 0 Å². The fraction of sp³-hybridized carbons (Fsp3) is 0.444. The first-order valence-corrected chi connectivity index (χ1v) is 8.08. The van der Waals surface area contributed by atoms with Crippen LogP contribution in [-0.2, 0) is 4.74 Å². The molecule has 0 radical (unpaired) electrons. The number of carbonyl (C=O) groups is 1. The molecule has 1 N–H and O–H groups in total. The van der Waals surface area contributed by atoms with Crippen LogP contribution in [0.4, 0.5) is 0 Å². The number of likely N-dealkylation sites (N-methyl/N-ethyl adjacent to an activating group) is 1. The minimum absolute atomic E-state index is 0.182. The fourth-order valence-corrected chi connectivity index (χ4v) is 2.64. The molecule has 2 aromatic rings. The maximum atomic E-state index is 12.7. The van der Waals surface area contributed by atoms with Gasteiger partial charge in [-0.05, 0) is 25.0 Å². The molecule has 6 heteroatoms. The summed E-state index contributed by atoms with van der Waals surface area (Å²) in [5.74, 6) is 1.16. The van der Waals surface area contributed by atoms with Gasteiger partial charge in [0.1, 0.15) is 5.76 Å². The zero-order valence-electron chi connectivity index (χ0n) is 13.9. The number of rotatable bonds is 7. The molecule has 0 aliphatic heterocycles. The van der Waals surface area contributed by atoms with Gasteiger partial charge in [-0.3, -0.25) is 4.79 Å². The zero-order valence-corrected chi connectivity index (χ0v) is 13.9. The second-order valence-corrected chi connectivity index (χ2v) is 6.17. The van der Waals surface area contributed by atoms with E-state index >= 15 is 0 Å². The first-order valence-electron chi connectivity index (χ1n) is 8.08. The lowest BCUT2D eigenvalue weighted by Gasteiger charge is -2.19. The van der Waals surface area contributed by atoms with Crippen molar-refractivity contribution in [1.82, 2.24) is 9.88 Å². The second-order valence-electron chi connectivity index (χ2n) is 6.17. The highest BCUT2D eigenvalue weighted by atomic mass is 16.5. The molecule has 0 bridgehead atoms. The Hall–Kier alpha value is -2.18. The van der Waals surface area contributed by atoms with Gasteiger partial charge in [-0.2, -0.15) is 0 Å². The molecule has 1 atom stereocenters. The summed E-state index contributed by atoms with van der Waals surface area (Å²) in [6.07, 6.45) is 1.30. The number of aliphatic hydroxyl groups is 1. The maximum absolute atomic E-state index is 12.7. The van der Waals surface area contributed by atoms with E-state index in [1.807, 2.05) is 30.3 Å². The summed E-state index contributed by atoms with van der Waals surface area (Å²) in [7, 11) is 3.16. The molecule has 1 heterocycles. The van der Waals surface area contributed by atoms with Gasteiger partial charge in [-0.15, -0.1) is 0 Å². The number of nitrogens with zero attached hydrogens (tertiary/aromatic N) is 2. The lowest BCUT2D eigenvalue weighted by molar-refractivity contribution is 0.0377. The summed E-state index contributed by atoms with van der Waals surface area (Å²) in [6.45, 7) is 0.367. The SMILES string of the molecule is COCC(O)CN(C)C(=O)c1nc(-c2ccccc2)oc1C1CC1. The largest absolute Gasteiger partial charge is 0.440 e. The molecular weight excluding hydrogens is 308 g/mol. The van der Waals surface area contributed by atoms with Gasteiger partial charge in [0.05, 0.1) is 12.7 Å². The van der Waals surface area contributed by atoms with Crippen molar-refractivity contribution in [3.63, 3.8) is 0 Å². The Morgan fingerprint density at radius 2 is 2.12 bits per heavy atom. The summed E-state index contributed by atoms with van der Waals surface area (Å²) in [6, 6.07) is 9.55. The Balaban J connectivity index is 1.84. The monoisotopic (exact) mass is 330 g/mol. The van der Waals surface area contributed by atoms with Crippen molar-refractivity contribution < 1.29 is 19.1 Å². The number of amides is 1. The number of oxazole rings is 1. The van der Waals surface area contributed by atoms with E-state index in [1.54, 1.807) is 7.05 Å². The standard InChI is InChI=1S/C18H22N2O4/c1-20(10-14(21)11-23-2)18(22)15-16(12-8-9-12)24-17(19-15)13-6-4-3-5-7-13/h3-7,12,14,21H,8-11H2,1-2H3. The third-order valence-corrected chi connectivity index (χ3v) is 4.02. The van der Waals surface area contributed by atoms with Gasteiger partial charge in [0, 0.05) is 32.2 Å². The molecule has 128 valence electrons. The van der Waals surface area contributed by atoms with Crippen molar-refractivity contribution in [1.29, 1.82) is 0 Å². The number of aliphatic hydroxyl groups excluding tert-OH is 1. The molecule has 1 aromatic carbocycles. The first-order chi connectivity index (χ1) is 11.6. The lowest BCUT2D eigenvalue weighted by atomic mass is 10.2. The van der Waals surface area contributed by atoms with E-state index in [9.17, 15) is 9.90 Å². The third-order valence-electron chi connectivity index (χ3n) is 4.02. The van der Waals surface area contributed by atoms with Crippen molar-refractivity contribution in [2.24, 2.45) is 0 Å². The molecule has 3 rings (SSSR count). The Kier molecular flexibility index (Phi) is 4.97. The highest BCUT2D eigenvalue weighted by molar-refractivity contribution is 5.94. The van der Waals surface area contributed by atoms with Crippen LogP contribution in [0.2, 0.25) is 0 Å². The van der Waals surface area contributed by atoms with Gasteiger partial charge in [0.25, 0.3) is 5.91 Å². The number of aromatic nitrogens is 1. The number of carbonyl (C=O) groups excluding carboxylic acids is 1. The van der Waals surface area contributed by atoms with Gasteiger partial charge in [-0.25, -0.2) is 4.98 Å². The first kappa shape index (κ1) is 16.7. The van der Waals surface area contributed by atoms with E-state index < -0.39 is 6.10 Å². The summed E-state index contributed by atoms with van der Waals surface area (Å²) in [5, 5.41) is 9.83. The van der Waals surface area contributed by atoms with Crippen LogP contribution in [0.1, 0.15) is 35.0 Å². The minimum atomic E-state index is -0.728. The molecule has 0 spiro atoms. The van der Waals surface area contributed by atoms with Crippen LogP contribution in [0.5, 0.6) is 0 Å². The molecule has 1 aliphatic carbocycles. The lowest BCUT2D eigenvalue weighted by Crippen LogP contribution is -2.36. The van der Waals surface area contributed by atoms with Gasteiger partial charge in [0.2, 0.25) is 5.89 Å². The number of ether oxygens (including phenoxy) is 1. The van der Waals surface area contributed by atoms with Crippen molar-refractivity contribution in [2.75, 3.05) is 27.3 Å². The predicted octanol–water partition coefficient (Wildman–Crippen LogP) is 2.30. The van der Waals surface area contributed by atoms with Crippen molar-refractivity contribution >= 4 is 5.91 Å². The summed E-state index contributed by atoms with van der Waals surface area (Å²) in [4.78, 5) is 18.6. The Morgan fingerprint density at radius 3 is 2.75 bits per heavy atom. The summed E-state index contributed by atoms with van der Waals surface area (Å²) >= 11 is 0. The van der Waals surface area contributed by atoms with Crippen LogP contribution in [0.3, 0.4) is 0 Å². The molecule has 1 amide bonds. The van der Waals surface area contributed by atoms with Crippen LogP contribution >= 0.6 is 0 Å². The van der Waals surface area contributed by atoms with E-state index in [1.165, 1.54) is 12.0 Å². The minimum Gasteiger partial charge on any atom is -0.440 e. The van der Waals surface area contributed by atoms with Gasteiger partial charge in [-0.1, -0.05) is 18.2 Å². The normalized spacial score (nSPS) is 15.3. The Morgan fingerprint density at radius 1 is 1.42 bits per heavy atom. The molecule has 0 saturated heterocycles. The molecule has 1 fully saturated rings. The molecule has 1 saturated carbocycles. The third kappa shape index (κ3) is 3.66. The smallest absolute Gasteiger partial charge is 0.275 e. The average molecular weight is 330 g/mol. The van der Waals surface area contributed by atoms with E-state index in [2.05, 4.69) is 4.98 Å². The van der Waals surface area contributed by atoms with Crippen LogP contribution in [0, 0.1) is 0 Å². The van der Waals surface area contributed by atoms with Crippen molar-refractivity contribution in [3.8, 4) is 11.5 Å². The topological polar surface area (TPSA) is 75.8 Å². The number of benzene rings is 1. The fourth-order valence-electron chi connectivity index (χ4n) is 2.64. The highest BCUT2D eigenvalue weighted by Crippen LogP contribution is 2.43. The molecular formula is C18H22N2O4. The summed E-state index contributed by atoms with van der Waals surface area (Å²) in [5.41, 5.74) is 1.20. The van der Waals surface area contributed by atoms with E-state index in [4.69, 9.17) is 9.15 Å². The average Bonchev–Trinajstić information content (AvgIpc) is 3.33. The van der Waals surface area contributed by atoms with E-state index in [0.29, 0.717) is 17.3 Å². The molecule has 6 nitrogen and oxygen atoms in total. The van der Waals surface area contributed by atoms with E-state index in [0.717, 1.165) is 18.4 Å². The molecule has 1 aromatic heterocycles. The Labute approximate surface area is 141 Å². The Bertz CT molecular complexity index is 694. The van der Waals surface area contributed by atoms with Crippen LogP contribution in [0.25, 0.3) is 11.5 Å². The number of hydrogen-bond donors (Lipinski definition) is 1. The number of methoxy groups -OCH3 is 1. The quantitative estimate of drug-likeness (QED) is 0.843.